The molecule has 1 aromatic carbocycles. The van der Waals surface area contributed by atoms with Gasteiger partial charge in [0.25, 0.3) is 5.91 Å². The number of nitrogens with one attached hydrogen (secondary N) is 1. The van der Waals surface area contributed by atoms with E-state index in [1.807, 2.05) is 24.3 Å². The first-order valence-corrected chi connectivity index (χ1v) is 8.05. The summed E-state index contributed by atoms with van der Waals surface area (Å²) in [6, 6.07) is 7.51. The molecule has 0 aromatic heterocycles. The fourth-order valence-corrected chi connectivity index (χ4v) is 3.48. The molecule has 1 saturated heterocycles. The Hall–Kier alpha value is -1.69. The highest BCUT2D eigenvalue weighted by Crippen LogP contribution is 2.28. The normalized spacial score (nSPS) is 21.0. The van der Waals surface area contributed by atoms with E-state index in [0.717, 1.165) is 12.2 Å². The number of carbonyl (C=O) groups excluding carboxylic acids is 1. The van der Waals surface area contributed by atoms with Crippen LogP contribution in [0.15, 0.2) is 24.3 Å². The SMILES string of the molecule is CCc1ccc(OCC(=O)NC2(C(=O)O)CCSC2)cc1. The predicted molar refractivity (Wildman–Crippen MR) is 81.8 cm³/mol. The van der Waals surface area contributed by atoms with Gasteiger partial charge in [0.2, 0.25) is 0 Å². The van der Waals surface area contributed by atoms with E-state index >= 15 is 0 Å². The molecule has 1 aliphatic heterocycles. The molecule has 2 rings (SSSR count). The zero-order valence-corrected chi connectivity index (χ0v) is 12.7. The molecule has 0 spiro atoms. The van der Waals surface area contributed by atoms with Gasteiger partial charge in [0.15, 0.2) is 6.61 Å². The molecule has 0 radical (unpaired) electrons. The maximum Gasteiger partial charge on any atom is 0.330 e. The smallest absolute Gasteiger partial charge is 0.330 e. The Kier molecular flexibility index (Phi) is 5.12. The quantitative estimate of drug-likeness (QED) is 0.836. The Morgan fingerprint density at radius 3 is 2.62 bits per heavy atom. The standard InChI is InChI=1S/C15H19NO4S/c1-2-11-3-5-12(6-4-11)20-9-13(17)16-15(14(18)19)7-8-21-10-15/h3-6H,2,7-10H2,1H3,(H,16,17)(H,18,19). The van der Waals surface area contributed by atoms with Crippen molar-refractivity contribution in [3.63, 3.8) is 0 Å². The number of rotatable bonds is 6. The second-order valence-corrected chi connectivity index (χ2v) is 6.13. The van der Waals surface area contributed by atoms with Gasteiger partial charge in [0.05, 0.1) is 0 Å². The topological polar surface area (TPSA) is 75.6 Å². The van der Waals surface area contributed by atoms with Crippen molar-refractivity contribution in [2.24, 2.45) is 0 Å². The van der Waals surface area contributed by atoms with Gasteiger partial charge in [-0.3, -0.25) is 4.79 Å². The highest BCUT2D eigenvalue weighted by atomic mass is 32.2. The minimum absolute atomic E-state index is 0.175. The minimum atomic E-state index is -1.14. The Bertz CT molecular complexity index is 509. The van der Waals surface area contributed by atoms with Crippen LogP contribution in [0.5, 0.6) is 5.75 Å². The van der Waals surface area contributed by atoms with Crippen molar-refractivity contribution in [2.45, 2.75) is 25.3 Å². The summed E-state index contributed by atoms with van der Waals surface area (Å²) in [6.45, 7) is 1.89. The summed E-state index contributed by atoms with van der Waals surface area (Å²) in [5.41, 5.74) is 0.0524. The number of carboxylic acids is 1. The summed E-state index contributed by atoms with van der Waals surface area (Å²) >= 11 is 1.53. The van der Waals surface area contributed by atoms with E-state index in [4.69, 9.17) is 4.74 Å². The Morgan fingerprint density at radius 1 is 1.38 bits per heavy atom. The van der Waals surface area contributed by atoms with Gasteiger partial charge in [0.1, 0.15) is 11.3 Å². The van der Waals surface area contributed by atoms with Crippen LogP contribution in [0.2, 0.25) is 0 Å². The second kappa shape index (κ2) is 6.85. The zero-order chi connectivity index (χ0) is 15.3. The number of benzene rings is 1. The number of aryl methyl sites for hydroxylation is 1. The van der Waals surface area contributed by atoms with Crippen molar-refractivity contribution in [1.82, 2.24) is 5.32 Å². The van der Waals surface area contributed by atoms with Crippen molar-refractivity contribution >= 4 is 23.6 Å². The number of hydrogen-bond donors (Lipinski definition) is 2. The van der Waals surface area contributed by atoms with Crippen LogP contribution in [0.3, 0.4) is 0 Å². The lowest BCUT2D eigenvalue weighted by molar-refractivity contribution is -0.146. The highest BCUT2D eigenvalue weighted by Gasteiger charge is 2.43. The van der Waals surface area contributed by atoms with Gasteiger partial charge in [-0.15, -0.1) is 0 Å². The van der Waals surface area contributed by atoms with Crippen molar-refractivity contribution in [2.75, 3.05) is 18.1 Å². The van der Waals surface area contributed by atoms with Crippen LogP contribution in [-0.4, -0.2) is 40.6 Å². The number of amides is 1. The largest absolute Gasteiger partial charge is 0.484 e. The van der Waals surface area contributed by atoms with Crippen molar-refractivity contribution in [3.05, 3.63) is 29.8 Å². The molecule has 1 aliphatic rings. The van der Waals surface area contributed by atoms with Gasteiger partial charge in [-0.1, -0.05) is 19.1 Å². The molecule has 21 heavy (non-hydrogen) atoms. The summed E-state index contributed by atoms with van der Waals surface area (Å²) < 4.78 is 5.39. The predicted octanol–water partition coefficient (Wildman–Crippen LogP) is 1.70. The number of hydrogen-bond acceptors (Lipinski definition) is 4. The Morgan fingerprint density at radius 2 is 2.10 bits per heavy atom. The summed E-state index contributed by atoms with van der Waals surface area (Å²) in [7, 11) is 0. The molecular weight excluding hydrogens is 290 g/mol. The first-order valence-electron chi connectivity index (χ1n) is 6.89. The van der Waals surface area contributed by atoms with Crippen LogP contribution < -0.4 is 10.1 Å². The van der Waals surface area contributed by atoms with Crippen LogP contribution >= 0.6 is 11.8 Å². The minimum Gasteiger partial charge on any atom is -0.484 e. The Balaban J connectivity index is 1.87. The molecule has 0 saturated carbocycles. The van der Waals surface area contributed by atoms with Gasteiger partial charge in [-0.25, -0.2) is 4.79 Å². The summed E-state index contributed by atoms with van der Waals surface area (Å²) in [4.78, 5) is 23.2. The fourth-order valence-electron chi connectivity index (χ4n) is 2.16. The molecule has 2 N–H and O–H groups in total. The highest BCUT2D eigenvalue weighted by molar-refractivity contribution is 7.99. The molecule has 0 bridgehead atoms. The summed E-state index contributed by atoms with van der Waals surface area (Å²) in [5, 5.41) is 11.9. The molecule has 1 atom stereocenters. The average molecular weight is 309 g/mol. The van der Waals surface area contributed by atoms with Crippen LogP contribution in [0.4, 0.5) is 0 Å². The maximum absolute atomic E-state index is 11.9. The van der Waals surface area contributed by atoms with E-state index in [0.29, 0.717) is 17.9 Å². The van der Waals surface area contributed by atoms with Crippen LogP contribution in [0.25, 0.3) is 0 Å². The third kappa shape index (κ3) is 3.91. The van der Waals surface area contributed by atoms with Crippen LogP contribution in [-0.2, 0) is 16.0 Å². The van der Waals surface area contributed by atoms with E-state index in [2.05, 4.69) is 12.2 Å². The maximum atomic E-state index is 11.9. The Labute approximate surface area is 128 Å². The third-order valence-electron chi connectivity index (χ3n) is 3.51. The number of aliphatic carboxylic acids is 1. The summed E-state index contributed by atoms with van der Waals surface area (Å²) in [5.74, 6) is 0.366. The van der Waals surface area contributed by atoms with Gasteiger partial charge >= 0.3 is 5.97 Å². The first kappa shape index (κ1) is 15.7. The van der Waals surface area contributed by atoms with E-state index in [1.165, 1.54) is 17.3 Å². The van der Waals surface area contributed by atoms with Crippen molar-refractivity contribution < 1.29 is 19.4 Å². The molecular formula is C15H19NO4S. The van der Waals surface area contributed by atoms with E-state index in [1.54, 1.807) is 0 Å². The number of thioether (sulfide) groups is 1. The van der Waals surface area contributed by atoms with Crippen molar-refractivity contribution in [1.29, 1.82) is 0 Å². The van der Waals surface area contributed by atoms with Gasteiger partial charge in [-0.05, 0) is 36.3 Å². The molecule has 1 unspecified atom stereocenters. The van der Waals surface area contributed by atoms with Gasteiger partial charge in [0, 0.05) is 5.75 Å². The lowest BCUT2D eigenvalue weighted by Crippen LogP contribution is -2.55. The number of ether oxygens (including phenoxy) is 1. The van der Waals surface area contributed by atoms with E-state index in [9.17, 15) is 14.7 Å². The molecule has 114 valence electrons. The van der Waals surface area contributed by atoms with Gasteiger partial charge in [-0.2, -0.15) is 11.8 Å². The van der Waals surface area contributed by atoms with Crippen LogP contribution in [0.1, 0.15) is 18.9 Å². The first-order chi connectivity index (χ1) is 10.1. The molecule has 0 aliphatic carbocycles. The summed E-state index contributed by atoms with van der Waals surface area (Å²) in [6.07, 6.45) is 1.39. The lowest BCUT2D eigenvalue weighted by Gasteiger charge is -2.24. The average Bonchev–Trinajstić information content (AvgIpc) is 2.95. The third-order valence-corrected chi connectivity index (χ3v) is 4.70. The fraction of sp³-hybridized carbons (Fsp3) is 0.467. The molecule has 1 fully saturated rings. The molecule has 1 heterocycles. The van der Waals surface area contributed by atoms with E-state index < -0.39 is 17.4 Å². The monoisotopic (exact) mass is 309 g/mol. The van der Waals surface area contributed by atoms with Gasteiger partial charge < -0.3 is 15.2 Å². The zero-order valence-electron chi connectivity index (χ0n) is 11.9. The second-order valence-electron chi connectivity index (χ2n) is 5.02. The number of carbonyl (C=O) groups is 2. The molecule has 6 heteroatoms. The van der Waals surface area contributed by atoms with E-state index in [-0.39, 0.29) is 6.61 Å². The molecule has 5 nitrogen and oxygen atoms in total. The van der Waals surface area contributed by atoms with Crippen LogP contribution in [0, 0.1) is 0 Å². The molecule has 1 aromatic rings. The van der Waals surface area contributed by atoms with Crippen molar-refractivity contribution in [3.8, 4) is 5.75 Å². The lowest BCUT2D eigenvalue weighted by atomic mass is 9.99. The number of carboxylic acid groups (broad SMARTS) is 1. The molecule has 1 amide bonds.